The van der Waals surface area contributed by atoms with Gasteiger partial charge in [-0.05, 0) is 19.3 Å². The van der Waals surface area contributed by atoms with E-state index in [0.29, 0.717) is 12.8 Å². The predicted molar refractivity (Wildman–Crippen MR) is 37.1 cm³/mol. The number of aliphatic carboxylic acids is 1. The zero-order valence-electron chi connectivity index (χ0n) is 6.16. The lowest BCUT2D eigenvalue weighted by Crippen LogP contribution is -2.51. The minimum Gasteiger partial charge on any atom is -0.479 e. The molecule has 1 aliphatic rings. The molecule has 4 heteroatoms. The van der Waals surface area contributed by atoms with Crippen LogP contribution in [0.15, 0.2) is 0 Å². The molecule has 3 N–H and O–H groups in total. The number of aliphatic hydroxyl groups excluding tert-OH is 1. The summed E-state index contributed by atoms with van der Waals surface area (Å²) in [6.45, 7) is 0. The second kappa shape index (κ2) is 2.79. The van der Waals surface area contributed by atoms with Crippen molar-refractivity contribution in [2.24, 2.45) is 0 Å². The molecule has 0 heterocycles. The maximum atomic E-state index is 10.5. The largest absolute Gasteiger partial charge is 0.479 e. The SMILES string of the molecule is O=C(O)[C@]1(O)CCCC[C@H]1O. The van der Waals surface area contributed by atoms with Crippen LogP contribution < -0.4 is 0 Å². The molecule has 2 atom stereocenters. The van der Waals surface area contributed by atoms with Crippen LogP contribution in [0, 0.1) is 0 Å². The van der Waals surface area contributed by atoms with E-state index in [4.69, 9.17) is 10.2 Å². The van der Waals surface area contributed by atoms with Crippen molar-refractivity contribution in [1.29, 1.82) is 0 Å². The van der Waals surface area contributed by atoms with E-state index in [1.54, 1.807) is 0 Å². The molecular formula is C7H12O4. The van der Waals surface area contributed by atoms with Gasteiger partial charge in [0.15, 0.2) is 5.60 Å². The van der Waals surface area contributed by atoms with Crippen LogP contribution in [-0.4, -0.2) is 33.0 Å². The van der Waals surface area contributed by atoms with Gasteiger partial charge in [-0.15, -0.1) is 0 Å². The molecule has 64 valence electrons. The number of carboxylic acids is 1. The van der Waals surface area contributed by atoms with Gasteiger partial charge in [0.05, 0.1) is 6.10 Å². The zero-order chi connectivity index (χ0) is 8.48. The first kappa shape index (κ1) is 8.49. The smallest absolute Gasteiger partial charge is 0.338 e. The summed E-state index contributed by atoms with van der Waals surface area (Å²) in [5.74, 6) is -1.32. The highest BCUT2D eigenvalue weighted by Gasteiger charge is 2.44. The van der Waals surface area contributed by atoms with Gasteiger partial charge in [-0.2, -0.15) is 0 Å². The van der Waals surface area contributed by atoms with E-state index >= 15 is 0 Å². The van der Waals surface area contributed by atoms with Crippen LogP contribution in [0.2, 0.25) is 0 Å². The Hall–Kier alpha value is -0.610. The number of rotatable bonds is 1. The maximum Gasteiger partial charge on any atom is 0.338 e. The van der Waals surface area contributed by atoms with Gasteiger partial charge in [0.2, 0.25) is 0 Å². The molecule has 1 rings (SSSR count). The number of aliphatic hydroxyl groups is 2. The van der Waals surface area contributed by atoms with Crippen molar-refractivity contribution in [3.63, 3.8) is 0 Å². The van der Waals surface area contributed by atoms with Gasteiger partial charge in [-0.3, -0.25) is 0 Å². The van der Waals surface area contributed by atoms with Crippen molar-refractivity contribution in [3.8, 4) is 0 Å². The highest BCUT2D eigenvalue weighted by atomic mass is 16.4. The molecule has 0 aromatic heterocycles. The first-order valence-electron chi connectivity index (χ1n) is 3.71. The van der Waals surface area contributed by atoms with Crippen molar-refractivity contribution in [3.05, 3.63) is 0 Å². The summed E-state index contributed by atoms with van der Waals surface area (Å²) in [6, 6.07) is 0. The van der Waals surface area contributed by atoms with Crippen LogP contribution >= 0.6 is 0 Å². The van der Waals surface area contributed by atoms with Crippen LogP contribution in [0.3, 0.4) is 0 Å². The number of carboxylic acid groups (broad SMARTS) is 1. The third-order valence-electron chi connectivity index (χ3n) is 2.21. The molecule has 0 bridgehead atoms. The van der Waals surface area contributed by atoms with E-state index in [0.717, 1.165) is 6.42 Å². The Labute approximate surface area is 64.5 Å². The minimum atomic E-state index is -1.89. The highest BCUT2D eigenvalue weighted by molar-refractivity contribution is 5.78. The normalized spacial score (nSPS) is 38.5. The van der Waals surface area contributed by atoms with E-state index < -0.39 is 17.7 Å². The average Bonchev–Trinajstić information content (AvgIpc) is 1.95. The molecule has 0 aromatic carbocycles. The molecule has 4 nitrogen and oxygen atoms in total. The molecule has 0 unspecified atom stereocenters. The average molecular weight is 160 g/mol. The van der Waals surface area contributed by atoms with Crippen molar-refractivity contribution in [2.45, 2.75) is 37.4 Å². The van der Waals surface area contributed by atoms with Crippen LogP contribution in [0.5, 0.6) is 0 Å². The van der Waals surface area contributed by atoms with Gasteiger partial charge < -0.3 is 15.3 Å². The van der Waals surface area contributed by atoms with Crippen molar-refractivity contribution in [1.82, 2.24) is 0 Å². The standard InChI is InChI=1S/C7H12O4/c8-5-3-1-2-4-7(5,11)6(9)10/h5,8,11H,1-4H2,(H,9,10)/t5-,7+/m1/s1. The number of carbonyl (C=O) groups is 1. The quantitative estimate of drug-likeness (QED) is 0.493. The molecular weight excluding hydrogens is 148 g/mol. The third-order valence-corrected chi connectivity index (χ3v) is 2.21. The second-order valence-electron chi connectivity index (χ2n) is 2.99. The summed E-state index contributed by atoms with van der Waals surface area (Å²) in [5.41, 5.74) is -1.89. The fourth-order valence-corrected chi connectivity index (χ4v) is 1.39. The van der Waals surface area contributed by atoms with E-state index in [1.165, 1.54) is 0 Å². The fraction of sp³-hybridized carbons (Fsp3) is 0.857. The summed E-state index contributed by atoms with van der Waals surface area (Å²) in [4.78, 5) is 10.5. The number of hydrogen-bond acceptors (Lipinski definition) is 3. The Kier molecular flexibility index (Phi) is 2.15. The van der Waals surface area contributed by atoms with Crippen molar-refractivity contribution >= 4 is 5.97 Å². The molecule has 0 aromatic rings. The zero-order valence-corrected chi connectivity index (χ0v) is 6.16. The predicted octanol–water partition coefficient (Wildman–Crippen LogP) is -0.263. The topological polar surface area (TPSA) is 77.8 Å². The van der Waals surface area contributed by atoms with Gasteiger partial charge >= 0.3 is 5.97 Å². The summed E-state index contributed by atoms with van der Waals surface area (Å²) < 4.78 is 0. The Bertz CT molecular complexity index is 168. The van der Waals surface area contributed by atoms with Gasteiger partial charge in [0, 0.05) is 0 Å². The lowest BCUT2D eigenvalue weighted by molar-refractivity contribution is -0.177. The molecule has 0 radical (unpaired) electrons. The van der Waals surface area contributed by atoms with Crippen LogP contribution in [0.4, 0.5) is 0 Å². The second-order valence-corrected chi connectivity index (χ2v) is 2.99. The summed E-state index contributed by atoms with van der Waals surface area (Å²) in [6.07, 6.45) is 0.886. The first-order valence-corrected chi connectivity index (χ1v) is 3.71. The van der Waals surface area contributed by atoms with Gasteiger partial charge in [0.1, 0.15) is 0 Å². The summed E-state index contributed by atoms with van der Waals surface area (Å²) in [5, 5.41) is 27.1. The van der Waals surface area contributed by atoms with Crippen LogP contribution in [0.1, 0.15) is 25.7 Å². The van der Waals surface area contributed by atoms with Gasteiger partial charge in [-0.25, -0.2) is 4.79 Å². The van der Waals surface area contributed by atoms with Gasteiger partial charge in [-0.1, -0.05) is 6.42 Å². The molecule has 11 heavy (non-hydrogen) atoms. The van der Waals surface area contributed by atoms with E-state index in [2.05, 4.69) is 0 Å². The van der Waals surface area contributed by atoms with Crippen LogP contribution in [-0.2, 0) is 4.79 Å². The summed E-state index contributed by atoms with van der Waals surface area (Å²) in [7, 11) is 0. The van der Waals surface area contributed by atoms with E-state index in [-0.39, 0.29) is 6.42 Å². The first-order chi connectivity index (χ1) is 5.07. The van der Waals surface area contributed by atoms with E-state index in [1.807, 2.05) is 0 Å². The lowest BCUT2D eigenvalue weighted by Gasteiger charge is -2.32. The minimum absolute atomic E-state index is 0.156. The fourth-order valence-electron chi connectivity index (χ4n) is 1.39. The Morgan fingerprint density at radius 2 is 2.09 bits per heavy atom. The maximum absolute atomic E-state index is 10.5. The summed E-state index contributed by atoms with van der Waals surface area (Å²) >= 11 is 0. The van der Waals surface area contributed by atoms with Crippen molar-refractivity contribution in [2.75, 3.05) is 0 Å². The van der Waals surface area contributed by atoms with Gasteiger partial charge in [0.25, 0.3) is 0 Å². The molecule has 1 saturated carbocycles. The Morgan fingerprint density at radius 3 is 2.45 bits per heavy atom. The number of hydrogen-bond donors (Lipinski definition) is 3. The molecule has 0 amide bonds. The Balaban J connectivity index is 2.72. The molecule has 0 spiro atoms. The molecule has 0 saturated heterocycles. The monoisotopic (exact) mass is 160 g/mol. The highest BCUT2D eigenvalue weighted by Crippen LogP contribution is 2.28. The Morgan fingerprint density at radius 1 is 1.45 bits per heavy atom. The van der Waals surface area contributed by atoms with Crippen molar-refractivity contribution < 1.29 is 20.1 Å². The molecule has 0 aliphatic heterocycles. The lowest BCUT2D eigenvalue weighted by atomic mass is 9.82. The van der Waals surface area contributed by atoms with Crippen LogP contribution in [0.25, 0.3) is 0 Å². The van der Waals surface area contributed by atoms with E-state index in [9.17, 15) is 9.90 Å². The molecule has 1 fully saturated rings. The molecule has 1 aliphatic carbocycles. The third kappa shape index (κ3) is 1.36.